The van der Waals surface area contributed by atoms with Gasteiger partial charge in [-0.3, -0.25) is 0 Å². The lowest BCUT2D eigenvalue weighted by atomic mass is 10.1. The van der Waals surface area contributed by atoms with Crippen molar-refractivity contribution in [2.45, 2.75) is 11.8 Å². The second-order valence-corrected chi connectivity index (χ2v) is 5.97. The number of ether oxygens (including phenoxy) is 2. The van der Waals surface area contributed by atoms with Gasteiger partial charge in [0, 0.05) is 25.7 Å². The predicted molar refractivity (Wildman–Crippen MR) is 90.4 cm³/mol. The fraction of sp³-hybridized carbons (Fsp3) is 0.333. The third kappa shape index (κ3) is 3.47. The van der Waals surface area contributed by atoms with E-state index in [4.69, 9.17) is 21.1 Å². The molecule has 0 aliphatic carbocycles. The molecule has 0 radical (unpaired) electrons. The first-order valence-electron chi connectivity index (χ1n) is 7.54. The maximum absolute atomic E-state index is 6.60. The number of para-hydroxylation sites is 1. The van der Waals surface area contributed by atoms with Crippen LogP contribution in [0.3, 0.4) is 0 Å². The van der Waals surface area contributed by atoms with Crippen LogP contribution in [0.5, 0.6) is 11.5 Å². The number of anilines is 1. The molecule has 0 fully saturated rings. The Morgan fingerprint density at radius 1 is 1.05 bits per heavy atom. The van der Waals surface area contributed by atoms with Gasteiger partial charge in [0.05, 0.1) is 18.6 Å². The predicted octanol–water partition coefficient (Wildman–Crippen LogP) is 4.26. The van der Waals surface area contributed by atoms with Crippen molar-refractivity contribution < 1.29 is 9.47 Å². The topological polar surface area (TPSA) is 21.7 Å². The summed E-state index contributed by atoms with van der Waals surface area (Å²) in [6.45, 7) is 2.12. The molecule has 4 heteroatoms. The number of hydrogen-bond donors (Lipinski definition) is 0. The standard InChI is InChI=1S/C18H20ClNO2/c1-20(15-6-3-2-4-7-15)13-16(19)14-8-9-17-18(12-14)22-11-5-10-21-17/h2-4,6-9,12,16H,5,10-11,13H2,1H3. The number of nitrogens with zero attached hydrogens (tertiary/aromatic N) is 1. The molecule has 116 valence electrons. The largest absolute Gasteiger partial charge is 0.490 e. The van der Waals surface area contributed by atoms with Crippen LogP contribution in [0, 0.1) is 0 Å². The summed E-state index contributed by atoms with van der Waals surface area (Å²) >= 11 is 6.60. The van der Waals surface area contributed by atoms with Crippen molar-refractivity contribution in [1.82, 2.24) is 0 Å². The number of fused-ring (bicyclic) bond motifs is 1. The summed E-state index contributed by atoms with van der Waals surface area (Å²) in [6.07, 6.45) is 0.908. The Morgan fingerprint density at radius 2 is 1.77 bits per heavy atom. The molecular formula is C18H20ClNO2. The average molecular weight is 318 g/mol. The Kier molecular flexibility index (Phi) is 4.74. The van der Waals surface area contributed by atoms with Gasteiger partial charge in [-0.2, -0.15) is 0 Å². The number of benzene rings is 2. The second-order valence-electron chi connectivity index (χ2n) is 5.44. The van der Waals surface area contributed by atoms with Gasteiger partial charge in [-0.15, -0.1) is 11.6 Å². The van der Waals surface area contributed by atoms with Gasteiger partial charge >= 0.3 is 0 Å². The number of likely N-dealkylation sites (N-methyl/N-ethyl adjacent to an activating group) is 1. The van der Waals surface area contributed by atoms with E-state index in [9.17, 15) is 0 Å². The SMILES string of the molecule is CN(CC(Cl)c1ccc2c(c1)OCCCO2)c1ccccc1. The molecule has 2 aromatic carbocycles. The number of rotatable bonds is 4. The first-order chi connectivity index (χ1) is 10.7. The van der Waals surface area contributed by atoms with Gasteiger partial charge in [-0.25, -0.2) is 0 Å². The molecule has 2 aromatic rings. The quantitative estimate of drug-likeness (QED) is 0.786. The first kappa shape index (κ1) is 15.0. The highest BCUT2D eigenvalue weighted by Crippen LogP contribution is 2.34. The molecule has 0 amide bonds. The third-order valence-electron chi connectivity index (χ3n) is 3.76. The van der Waals surface area contributed by atoms with Crippen LogP contribution in [0.2, 0.25) is 0 Å². The molecular weight excluding hydrogens is 298 g/mol. The molecule has 3 nitrogen and oxygen atoms in total. The number of hydrogen-bond acceptors (Lipinski definition) is 3. The Morgan fingerprint density at radius 3 is 2.55 bits per heavy atom. The molecule has 1 aliphatic heterocycles. The average Bonchev–Trinajstić information content (AvgIpc) is 2.80. The van der Waals surface area contributed by atoms with Crippen LogP contribution in [-0.4, -0.2) is 26.8 Å². The highest BCUT2D eigenvalue weighted by molar-refractivity contribution is 6.21. The normalized spacial score (nSPS) is 15.0. The van der Waals surface area contributed by atoms with Crippen molar-refractivity contribution in [2.24, 2.45) is 0 Å². The highest BCUT2D eigenvalue weighted by Gasteiger charge is 2.16. The molecule has 1 aliphatic rings. The fourth-order valence-corrected chi connectivity index (χ4v) is 2.85. The highest BCUT2D eigenvalue weighted by atomic mass is 35.5. The van der Waals surface area contributed by atoms with E-state index in [0.717, 1.165) is 35.7 Å². The van der Waals surface area contributed by atoms with E-state index < -0.39 is 0 Å². The molecule has 0 N–H and O–H groups in total. The summed E-state index contributed by atoms with van der Waals surface area (Å²) < 4.78 is 11.4. The van der Waals surface area contributed by atoms with Gasteiger partial charge in [0.25, 0.3) is 0 Å². The van der Waals surface area contributed by atoms with E-state index in [-0.39, 0.29) is 5.38 Å². The van der Waals surface area contributed by atoms with E-state index in [1.165, 1.54) is 0 Å². The van der Waals surface area contributed by atoms with E-state index in [0.29, 0.717) is 13.2 Å². The zero-order valence-corrected chi connectivity index (χ0v) is 13.4. The minimum Gasteiger partial charge on any atom is -0.490 e. The van der Waals surface area contributed by atoms with Gasteiger partial charge < -0.3 is 14.4 Å². The minimum atomic E-state index is -0.109. The summed E-state index contributed by atoms with van der Waals surface area (Å²) in [6, 6.07) is 16.2. The van der Waals surface area contributed by atoms with Crippen molar-refractivity contribution in [1.29, 1.82) is 0 Å². The molecule has 1 unspecified atom stereocenters. The van der Waals surface area contributed by atoms with Gasteiger partial charge in [-0.1, -0.05) is 24.3 Å². The first-order valence-corrected chi connectivity index (χ1v) is 7.97. The van der Waals surface area contributed by atoms with Crippen LogP contribution >= 0.6 is 11.6 Å². The summed E-state index contributed by atoms with van der Waals surface area (Å²) in [5.41, 5.74) is 2.20. The Bertz CT molecular complexity index is 618. The third-order valence-corrected chi connectivity index (χ3v) is 4.15. The van der Waals surface area contributed by atoms with Crippen LogP contribution in [0.1, 0.15) is 17.4 Å². The molecule has 22 heavy (non-hydrogen) atoms. The number of halogens is 1. The Labute approximate surface area is 136 Å². The second kappa shape index (κ2) is 6.93. The maximum Gasteiger partial charge on any atom is 0.161 e. The molecule has 3 rings (SSSR count). The smallest absolute Gasteiger partial charge is 0.161 e. The molecule has 0 aromatic heterocycles. The zero-order valence-electron chi connectivity index (χ0n) is 12.7. The van der Waals surface area contributed by atoms with Crippen LogP contribution in [-0.2, 0) is 0 Å². The molecule has 0 saturated carbocycles. The summed E-state index contributed by atoms with van der Waals surface area (Å²) in [5, 5.41) is -0.109. The van der Waals surface area contributed by atoms with E-state index in [1.54, 1.807) is 0 Å². The van der Waals surface area contributed by atoms with Crippen LogP contribution < -0.4 is 14.4 Å². The van der Waals surface area contributed by atoms with Crippen molar-refractivity contribution in [2.75, 3.05) is 31.7 Å². The maximum atomic E-state index is 6.60. The van der Waals surface area contributed by atoms with Crippen LogP contribution in [0.25, 0.3) is 0 Å². The van der Waals surface area contributed by atoms with Crippen LogP contribution in [0.15, 0.2) is 48.5 Å². The molecule has 1 heterocycles. The van der Waals surface area contributed by atoms with Crippen LogP contribution in [0.4, 0.5) is 5.69 Å². The van der Waals surface area contributed by atoms with Gasteiger partial charge in [0.1, 0.15) is 0 Å². The van der Waals surface area contributed by atoms with Crippen molar-refractivity contribution in [3.8, 4) is 11.5 Å². The van der Waals surface area contributed by atoms with Gasteiger partial charge in [0.15, 0.2) is 11.5 Å². The van der Waals surface area contributed by atoms with Crippen molar-refractivity contribution >= 4 is 17.3 Å². The lowest BCUT2D eigenvalue weighted by Crippen LogP contribution is -2.21. The molecule has 0 bridgehead atoms. The molecule has 1 atom stereocenters. The molecule has 0 saturated heterocycles. The Balaban J connectivity index is 1.72. The summed E-state index contributed by atoms with van der Waals surface area (Å²) in [7, 11) is 2.05. The monoisotopic (exact) mass is 317 g/mol. The van der Waals surface area contributed by atoms with E-state index >= 15 is 0 Å². The van der Waals surface area contributed by atoms with Gasteiger partial charge in [0.2, 0.25) is 0 Å². The summed E-state index contributed by atoms with van der Waals surface area (Å²) in [5.74, 6) is 1.60. The van der Waals surface area contributed by atoms with E-state index in [1.807, 2.05) is 43.4 Å². The number of alkyl halides is 1. The minimum absolute atomic E-state index is 0.109. The van der Waals surface area contributed by atoms with Gasteiger partial charge in [-0.05, 0) is 29.8 Å². The lowest BCUT2D eigenvalue weighted by Gasteiger charge is -2.23. The van der Waals surface area contributed by atoms with Crippen molar-refractivity contribution in [3.63, 3.8) is 0 Å². The van der Waals surface area contributed by atoms with E-state index in [2.05, 4.69) is 17.0 Å². The fourth-order valence-electron chi connectivity index (χ4n) is 2.51. The lowest BCUT2D eigenvalue weighted by molar-refractivity contribution is 0.297. The van der Waals surface area contributed by atoms with Crippen molar-refractivity contribution in [3.05, 3.63) is 54.1 Å². The summed E-state index contributed by atoms with van der Waals surface area (Å²) in [4.78, 5) is 2.15. The molecule has 0 spiro atoms. The Hall–Kier alpha value is -1.87. The zero-order chi connectivity index (χ0) is 15.4.